The SMILES string of the molecule is CCC(O)c1c(C(F)(F)C(F)(F)C(F)(F)F)cccc1C(F)(F)C(F)(F)C(F)(F)F. The number of rotatable bonds is 6. The van der Waals surface area contributed by atoms with Gasteiger partial charge in [0.25, 0.3) is 0 Å². The fourth-order valence-electron chi connectivity index (χ4n) is 2.37. The highest BCUT2D eigenvalue weighted by atomic mass is 19.4. The number of aliphatic hydroxyl groups is 1. The van der Waals surface area contributed by atoms with Crippen LogP contribution in [0.5, 0.6) is 0 Å². The lowest BCUT2D eigenvalue weighted by molar-refractivity contribution is -0.361. The van der Waals surface area contributed by atoms with Gasteiger partial charge in [0.2, 0.25) is 0 Å². The van der Waals surface area contributed by atoms with Crippen molar-refractivity contribution in [2.75, 3.05) is 0 Å². The third-order valence-electron chi connectivity index (χ3n) is 4.00. The highest BCUT2D eigenvalue weighted by Crippen LogP contribution is 2.57. The van der Waals surface area contributed by atoms with Crippen molar-refractivity contribution < 1.29 is 66.6 Å². The van der Waals surface area contributed by atoms with E-state index in [2.05, 4.69) is 0 Å². The van der Waals surface area contributed by atoms with Gasteiger partial charge in [0.1, 0.15) is 0 Å². The molecule has 1 rings (SSSR count). The first-order valence-electron chi connectivity index (χ1n) is 7.55. The maximum absolute atomic E-state index is 14.0. The molecule has 0 fully saturated rings. The Labute approximate surface area is 158 Å². The van der Waals surface area contributed by atoms with E-state index in [0.717, 1.165) is 6.92 Å². The summed E-state index contributed by atoms with van der Waals surface area (Å²) in [7, 11) is 0. The number of alkyl halides is 14. The highest BCUT2D eigenvalue weighted by Gasteiger charge is 2.76. The number of aliphatic hydroxyl groups excluding tert-OH is 1. The molecule has 1 N–H and O–H groups in total. The third kappa shape index (κ3) is 3.80. The zero-order valence-corrected chi connectivity index (χ0v) is 14.3. The van der Waals surface area contributed by atoms with Gasteiger partial charge in [-0.2, -0.15) is 61.5 Å². The first-order valence-corrected chi connectivity index (χ1v) is 7.55. The summed E-state index contributed by atoms with van der Waals surface area (Å²) in [6.07, 6.45) is -17.8. The fraction of sp³-hybridized carbons (Fsp3) is 0.600. The molecule has 0 spiro atoms. The van der Waals surface area contributed by atoms with Crippen LogP contribution in [0.25, 0.3) is 0 Å². The van der Waals surface area contributed by atoms with E-state index in [1.807, 2.05) is 0 Å². The maximum atomic E-state index is 14.0. The molecule has 0 aliphatic heterocycles. The van der Waals surface area contributed by atoms with Crippen molar-refractivity contribution in [3.8, 4) is 0 Å². The zero-order valence-electron chi connectivity index (χ0n) is 14.3. The van der Waals surface area contributed by atoms with Crippen molar-refractivity contribution in [3.63, 3.8) is 0 Å². The molecule has 15 heteroatoms. The average molecular weight is 472 g/mol. The molecule has 174 valence electrons. The van der Waals surface area contributed by atoms with Crippen molar-refractivity contribution in [1.82, 2.24) is 0 Å². The minimum atomic E-state index is -6.97. The van der Waals surface area contributed by atoms with Crippen LogP contribution in [0.1, 0.15) is 36.1 Å². The Morgan fingerprint density at radius 1 is 0.667 bits per heavy atom. The molecule has 1 aromatic rings. The van der Waals surface area contributed by atoms with E-state index in [0.29, 0.717) is 0 Å². The summed E-state index contributed by atoms with van der Waals surface area (Å²) < 4.78 is 184. The number of halogens is 14. The molecule has 0 aromatic heterocycles. The molecule has 0 heterocycles. The molecule has 1 atom stereocenters. The first kappa shape index (κ1) is 26.2. The van der Waals surface area contributed by atoms with Crippen LogP contribution >= 0.6 is 0 Å². The summed E-state index contributed by atoms with van der Waals surface area (Å²) in [6, 6.07) is -0.782. The van der Waals surface area contributed by atoms with E-state index in [-0.39, 0.29) is 18.2 Å². The van der Waals surface area contributed by atoms with Crippen LogP contribution in [0.3, 0.4) is 0 Å². The van der Waals surface area contributed by atoms with Crippen LogP contribution in [0.4, 0.5) is 61.5 Å². The second kappa shape index (κ2) is 7.41. The smallest absolute Gasteiger partial charge is 0.388 e. The van der Waals surface area contributed by atoms with Crippen molar-refractivity contribution in [3.05, 3.63) is 34.9 Å². The molecule has 30 heavy (non-hydrogen) atoms. The summed E-state index contributed by atoms with van der Waals surface area (Å²) in [4.78, 5) is 0. The Hall–Kier alpha value is -1.80. The third-order valence-corrected chi connectivity index (χ3v) is 4.00. The van der Waals surface area contributed by atoms with Gasteiger partial charge in [-0.3, -0.25) is 0 Å². The van der Waals surface area contributed by atoms with Gasteiger partial charge in [0.15, 0.2) is 0 Å². The largest absolute Gasteiger partial charge is 0.460 e. The van der Waals surface area contributed by atoms with Gasteiger partial charge >= 0.3 is 36.0 Å². The molecule has 0 aliphatic carbocycles. The lowest BCUT2D eigenvalue weighted by Gasteiger charge is -2.34. The summed E-state index contributed by atoms with van der Waals surface area (Å²) in [5.74, 6) is -26.8. The Kier molecular flexibility index (Phi) is 6.48. The van der Waals surface area contributed by atoms with E-state index in [4.69, 9.17) is 0 Å². The molecule has 0 aliphatic rings. The standard InChI is InChI=1S/C15H10F14O/c1-2-8(30)9-6(10(16,17)12(20,21)14(24,25)26)4-3-5-7(9)11(18,19)13(22,23)15(27,28)29/h3-5,8,30H,2H2,1H3. The Morgan fingerprint density at radius 2 is 0.967 bits per heavy atom. The predicted molar refractivity (Wildman–Crippen MR) is 71.5 cm³/mol. The number of hydrogen-bond donors (Lipinski definition) is 1. The second-order valence-electron chi connectivity index (χ2n) is 5.98. The van der Waals surface area contributed by atoms with E-state index in [1.165, 1.54) is 0 Å². The minimum absolute atomic E-state index is 0.142. The monoisotopic (exact) mass is 472 g/mol. The van der Waals surface area contributed by atoms with Gasteiger partial charge in [0, 0.05) is 11.1 Å². The average Bonchev–Trinajstić information content (AvgIpc) is 2.57. The molecule has 0 bridgehead atoms. The normalized spacial score (nSPS) is 16.0. The topological polar surface area (TPSA) is 20.2 Å². The van der Waals surface area contributed by atoms with Crippen LogP contribution in [-0.2, 0) is 11.8 Å². The van der Waals surface area contributed by atoms with Crippen LogP contribution in [-0.4, -0.2) is 29.3 Å². The van der Waals surface area contributed by atoms with Crippen molar-refractivity contribution in [1.29, 1.82) is 0 Å². The molecular weight excluding hydrogens is 462 g/mol. The zero-order chi connectivity index (χ0) is 24.1. The molecule has 1 aromatic carbocycles. The van der Waals surface area contributed by atoms with Crippen LogP contribution in [0.15, 0.2) is 18.2 Å². The second-order valence-corrected chi connectivity index (χ2v) is 5.98. The van der Waals surface area contributed by atoms with Gasteiger partial charge in [-0.25, -0.2) is 0 Å². The van der Waals surface area contributed by atoms with Crippen LogP contribution < -0.4 is 0 Å². The quantitative estimate of drug-likeness (QED) is 0.457. The van der Waals surface area contributed by atoms with Crippen molar-refractivity contribution in [2.24, 2.45) is 0 Å². The molecule has 1 unspecified atom stereocenters. The van der Waals surface area contributed by atoms with Gasteiger partial charge in [-0.15, -0.1) is 0 Å². The van der Waals surface area contributed by atoms with Crippen molar-refractivity contribution >= 4 is 0 Å². The van der Waals surface area contributed by atoms with Gasteiger partial charge in [-0.05, 0) is 12.0 Å². The highest BCUT2D eigenvalue weighted by molar-refractivity contribution is 5.44. The Balaban J connectivity index is 3.99. The van der Waals surface area contributed by atoms with E-state index in [1.54, 1.807) is 0 Å². The molecule has 1 nitrogen and oxygen atoms in total. The number of benzene rings is 1. The van der Waals surface area contributed by atoms with Gasteiger partial charge in [0.05, 0.1) is 6.10 Å². The lowest BCUT2D eigenvalue weighted by atomic mass is 9.85. The Morgan fingerprint density at radius 3 is 1.20 bits per heavy atom. The van der Waals surface area contributed by atoms with Crippen LogP contribution in [0, 0.1) is 0 Å². The summed E-state index contributed by atoms with van der Waals surface area (Å²) in [5.41, 5.74) is -7.67. The van der Waals surface area contributed by atoms with Crippen molar-refractivity contribution in [2.45, 2.75) is 55.5 Å². The summed E-state index contributed by atoms with van der Waals surface area (Å²) in [5, 5.41) is 9.64. The van der Waals surface area contributed by atoms with Gasteiger partial charge in [-0.1, -0.05) is 25.1 Å². The molecule has 0 saturated heterocycles. The maximum Gasteiger partial charge on any atom is 0.460 e. The molecule has 0 saturated carbocycles. The van der Waals surface area contributed by atoms with Gasteiger partial charge < -0.3 is 5.11 Å². The van der Waals surface area contributed by atoms with Crippen LogP contribution in [0.2, 0.25) is 0 Å². The first-order chi connectivity index (χ1) is 13.1. The van der Waals surface area contributed by atoms with E-state index < -0.39 is 65.3 Å². The van der Waals surface area contributed by atoms with E-state index in [9.17, 15) is 66.6 Å². The summed E-state index contributed by atoms with van der Waals surface area (Å²) in [6.45, 7) is 0.783. The predicted octanol–water partition coefficient (Wildman–Crippen LogP) is 6.71. The molecule has 0 radical (unpaired) electrons. The molecular formula is C15H10F14O. The fourth-order valence-corrected chi connectivity index (χ4v) is 2.37. The molecule has 0 amide bonds. The minimum Gasteiger partial charge on any atom is -0.388 e. The number of hydrogen-bond acceptors (Lipinski definition) is 1. The summed E-state index contributed by atoms with van der Waals surface area (Å²) >= 11 is 0. The van der Waals surface area contributed by atoms with E-state index >= 15 is 0 Å². The Bertz CT molecular complexity index is 705. The lowest BCUT2D eigenvalue weighted by Crippen LogP contribution is -2.52.